The molecule has 0 unspecified atom stereocenters. The van der Waals surface area contributed by atoms with Crippen molar-refractivity contribution in [3.8, 4) is 0 Å². The fourth-order valence-electron chi connectivity index (χ4n) is 2.54. The number of benzene rings is 2. The number of carbonyl (C=O) groups is 1. The first-order valence-electron chi connectivity index (χ1n) is 6.79. The van der Waals surface area contributed by atoms with Gasteiger partial charge < -0.3 is 4.90 Å². The van der Waals surface area contributed by atoms with E-state index in [2.05, 4.69) is 0 Å². The highest BCUT2D eigenvalue weighted by molar-refractivity contribution is 7.92. The third-order valence-electron chi connectivity index (χ3n) is 3.68. The van der Waals surface area contributed by atoms with E-state index in [9.17, 15) is 17.6 Å². The van der Waals surface area contributed by atoms with Crippen molar-refractivity contribution in [1.29, 1.82) is 0 Å². The van der Waals surface area contributed by atoms with Crippen LogP contribution in [0.5, 0.6) is 0 Å². The molecule has 1 amide bonds. The largest absolute Gasteiger partial charge is 0.333 e. The Hall–Kier alpha value is -2.21. The van der Waals surface area contributed by atoms with Crippen LogP contribution in [-0.4, -0.2) is 25.0 Å². The van der Waals surface area contributed by atoms with E-state index in [4.69, 9.17) is 0 Å². The molecule has 0 radical (unpaired) electrons. The van der Waals surface area contributed by atoms with Gasteiger partial charge in [-0.05, 0) is 23.3 Å². The van der Waals surface area contributed by atoms with Crippen LogP contribution >= 0.6 is 0 Å². The Balaban J connectivity index is 1.77. The Bertz CT molecular complexity index is 808. The van der Waals surface area contributed by atoms with Crippen LogP contribution in [-0.2, 0) is 27.7 Å². The third kappa shape index (κ3) is 2.74. The molecule has 0 fully saturated rings. The highest BCUT2D eigenvalue weighted by Gasteiger charge is 2.29. The lowest BCUT2D eigenvalue weighted by Gasteiger charge is -2.15. The van der Waals surface area contributed by atoms with Crippen molar-refractivity contribution < 1.29 is 17.6 Å². The molecule has 0 spiro atoms. The van der Waals surface area contributed by atoms with E-state index in [1.54, 1.807) is 0 Å². The second-order valence-corrected chi connectivity index (χ2v) is 7.17. The Kier molecular flexibility index (Phi) is 3.70. The van der Waals surface area contributed by atoms with Gasteiger partial charge in [0.1, 0.15) is 16.5 Å². The van der Waals surface area contributed by atoms with Crippen LogP contribution < -0.4 is 0 Å². The first-order valence-corrected chi connectivity index (χ1v) is 8.44. The molecule has 6 heteroatoms. The van der Waals surface area contributed by atoms with Gasteiger partial charge in [-0.1, -0.05) is 36.4 Å². The number of halogens is 1. The van der Waals surface area contributed by atoms with Gasteiger partial charge in [0, 0.05) is 13.1 Å². The van der Waals surface area contributed by atoms with E-state index in [1.165, 1.54) is 23.1 Å². The highest BCUT2D eigenvalue weighted by Crippen LogP contribution is 2.23. The van der Waals surface area contributed by atoms with Crippen LogP contribution in [0.1, 0.15) is 11.1 Å². The van der Waals surface area contributed by atoms with Gasteiger partial charge in [0.15, 0.2) is 9.84 Å². The molecule has 0 aromatic heterocycles. The molecule has 1 aliphatic heterocycles. The molecule has 0 saturated carbocycles. The van der Waals surface area contributed by atoms with Crippen molar-refractivity contribution in [1.82, 2.24) is 4.90 Å². The maximum atomic E-state index is 13.6. The summed E-state index contributed by atoms with van der Waals surface area (Å²) in [6, 6.07) is 12.7. The van der Waals surface area contributed by atoms with Crippen LogP contribution in [0.4, 0.5) is 4.39 Å². The molecule has 1 aliphatic rings. The van der Waals surface area contributed by atoms with Crippen molar-refractivity contribution in [2.24, 2.45) is 0 Å². The second-order valence-electron chi connectivity index (χ2n) is 5.21. The van der Waals surface area contributed by atoms with Crippen molar-refractivity contribution in [3.05, 3.63) is 65.5 Å². The summed E-state index contributed by atoms with van der Waals surface area (Å²) < 4.78 is 38.0. The van der Waals surface area contributed by atoms with E-state index in [-0.39, 0.29) is 0 Å². The number of fused-ring (bicyclic) bond motifs is 1. The van der Waals surface area contributed by atoms with E-state index in [0.29, 0.717) is 13.1 Å². The lowest BCUT2D eigenvalue weighted by atomic mass is 10.1. The summed E-state index contributed by atoms with van der Waals surface area (Å²) >= 11 is 0. The van der Waals surface area contributed by atoms with E-state index in [0.717, 1.165) is 17.2 Å². The molecule has 0 N–H and O–H groups in total. The topological polar surface area (TPSA) is 54.5 Å². The number of rotatable bonds is 3. The van der Waals surface area contributed by atoms with Crippen molar-refractivity contribution in [2.75, 3.05) is 5.75 Å². The Morgan fingerprint density at radius 2 is 1.55 bits per heavy atom. The standard InChI is InChI=1S/C16H14FNO3S/c17-14-7-3-4-8-15(14)22(20,21)11-16(19)18-9-12-5-1-2-6-13(12)10-18/h1-8H,9-11H2. The zero-order valence-corrected chi connectivity index (χ0v) is 12.5. The summed E-state index contributed by atoms with van der Waals surface area (Å²) in [4.78, 5) is 13.3. The van der Waals surface area contributed by atoms with Crippen LogP contribution in [0.3, 0.4) is 0 Å². The summed E-state index contributed by atoms with van der Waals surface area (Å²) in [5, 5.41) is 0. The van der Waals surface area contributed by atoms with Gasteiger partial charge in [0.2, 0.25) is 5.91 Å². The third-order valence-corrected chi connectivity index (χ3v) is 5.31. The van der Waals surface area contributed by atoms with Crippen LogP contribution in [0.2, 0.25) is 0 Å². The number of hydrogen-bond donors (Lipinski definition) is 0. The number of carbonyl (C=O) groups excluding carboxylic acids is 1. The summed E-state index contributed by atoms with van der Waals surface area (Å²) in [6.07, 6.45) is 0. The van der Waals surface area contributed by atoms with Gasteiger partial charge in [0.05, 0.1) is 0 Å². The molecule has 0 aliphatic carbocycles. The lowest BCUT2D eigenvalue weighted by Crippen LogP contribution is -2.31. The first kappa shape index (κ1) is 14.7. The SMILES string of the molecule is O=C(CS(=O)(=O)c1ccccc1F)N1Cc2ccccc2C1. The summed E-state index contributed by atoms with van der Waals surface area (Å²) in [5.41, 5.74) is 2.03. The smallest absolute Gasteiger partial charge is 0.238 e. The van der Waals surface area contributed by atoms with Gasteiger partial charge in [-0.15, -0.1) is 0 Å². The fourth-order valence-corrected chi connectivity index (χ4v) is 3.85. The Morgan fingerprint density at radius 1 is 1.00 bits per heavy atom. The van der Waals surface area contributed by atoms with Gasteiger partial charge in [0.25, 0.3) is 0 Å². The zero-order chi connectivity index (χ0) is 15.7. The van der Waals surface area contributed by atoms with Crippen molar-refractivity contribution in [3.63, 3.8) is 0 Å². The minimum atomic E-state index is -3.98. The zero-order valence-electron chi connectivity index (χ0n) is 11.7. The number of hydrogen-bond acceptors (Lipinski definition) is 3. The predicted octanol–water partition coefficient (Wildman–Crippen LogP) is 2.14. The Morgan fingerprint density at radius 3 is 2.14 bits per heavy atom. The summed E-state index contributed by atoms with van der Waals surface area (Å²) in [5.74, 6) is -2.07. The van der Waals surface area contributed by atoms with Crippen LogP contribution in [0.25, 0.3) is 0 Å². The Labute approximate surface area is 128 Å². The number of nitrogens with zero attached hydrogens (tertiary/aromatic N) is 1. The molecule has 2 aromatic rings. The molecule has 4 nitrogen and oxygen atoms in total. The van der Waals surface area contributed by atoms with E-state index < -0.39 is 32.2 Å². The molecule has 2 aromatic carbocycles. The van der Waals surface area contributed by atoms with E-state index in [1.807, 2.05) is 24.3 Å². The molecule has 114 valence electrons. The molecule has 0 atom stereocenters. The summed E-state index contributed by atoms with van der Waals surface area (Å²) in [7, 11) is -3.98. The molecule has 0 saturated heterocycles. The first-order chi connectivity index (χ1) is 10.5. The minimum absolute atomic E-state index is 0.391. The molecule has 3 rings (SSSR count). The van der Waals surface area contributed by atoms with Crippen LogP contribution in [0.15, 0.2) is 53.4 Å². The normalized spacial score (nSPS) is 14.0. The summed E-state index contributed by atoms with van der Waals surface area (Å²) in [6.45, 7) is 0.781. The number of sulfone groups is 1. The highest BCUT2D eigenvalue weighted by atomic mass is 32.2. The minimum Gasteiger partial charge on any atom is -0.333 e. The average molecular weight is 319 g/mol. The molecular formula is C16H14FNO3S. The van der Waals surface area contributed by atoms with Gasteiger partial charge >= 0.3 is 0 Å². The number of amides is 1. The lowest BCUT2D eigenvalue weighted by molar-refractivity contribution is -0.129. The maximum Gasteiger partial charge on any atom is 0.238 e. The van der Waals surface area contributed by atoms with Gasteiger partial charge in [-0.25, -0.2) is 12.8 Å². The second kappa shape index (κ2) is 5.53. The molecular weight excluding hydrogens is 305 g/mol. The maximum absolute atomic E-state index is 13.6. The van der Waals surface area contributed by atoms with Gasteiger partial charge in [-0.3, -0.25) is 4.79 Å². The fraction of sp³-hybridized carbons (Fsp3) is 0.188. The van der Waals surface area contributed by atoms with Gasteiger partial charge in [-0.2, -0.15) is 0 Å². The molecule has 22 heavy (non-hydrogen) atoms. The van der Waals surface area contributed by atoms with E-state index >= 15 is 0 Å². The quantitative estimate of drug-likeness (QED) is 0.871. The average Bonchev–Trinajstić information content (AvgIpc) is 2.91. The van der Waals surface area contributed by atoms with Crippen molar-refractivity contribution in [2.45, 2.75) is 18.0 Å². The predicted molar refractivity (Wildman–Crippen MR) is 79.1 cm³/mol. The monoisotopic (exact) mass is 319 g/mol. The van der Waals surface area contributed by atoms with Crippen molar-refractivity contribution >= 4 is 15.7 Å². The van der Waals surface area contributed by atoms with Crippen LogP contribution in [0, 0.1) is 5.82 Å². The molecule has 1 heterocycles. The molecule has 0 bridgehead atoms.